The molecular weight excluding hydrogens is 554 g/mol. The zero-order valence-electron chi connectivity index (χ0n) is 24.8. The van der Waals surface area contributed by atoms with Crippen molar-refractivity contribution in [3.05, 3.63) is 71.8 Å². The van der Waals surface area contributed by atoms with Crippen molar-refractivity contribution >= 4 is 23.9 Å². The molecule has 1 amide bonds. The fourth-order valence-corrected chi connectivity index (χ4v) is 4.90. The van der Waals surface area contributed by atoms with E-state index in [1.54, 1.807) is 19.2 Å². The molecule has 220 valence electrons. The smallest absolute Gasteiger partial charge is 0.250 e. The highest BCUT2D eigenvalue weighted by molar-refractivity contribution is 7.99. The largest absolute Gasteiger partial charge is 0.497 e. The van der Waals surface area contributed by atoms with Crippen LogP contribution in [0.3, 0.4) is 0 Å². The molecule has 0 saturated carbocycles. The average Bonchev–Trinajstić information content (AvgIpc) is 3.43. The summed E-state index contributed by atoms with van der Waals surface area (Å²) in [6.45, 7) is 6.53. The molecule has 10 nitrogen and oxygen atoms in total. The summed E-state index contributed by atoms with van der Waals surface area (Å²) < 4.78 is 23.3. The molecule has 0 aliphatic heterocycles. The molecule has 4 rings (SSSR count). The lowest BCUT2D eigenvalue weighted by molar-refractivity contribution is -0.118. The molecule has 11 heteroatoms. The number of nitrogens with zero attached hydrogens (tertiary/aromatic N) is 4. The second kappa shape index (κ2) is 13.4. The third-order valence-corrected chi connectivity index (χ3v) is 7.32. The van der Waals surface area contributed by atoms with Gasteiger partial charge in [-0.25, -0.2) is 5.43 Å². The van der Waals surface area contributed by atoms with Crippen LogP contribution in [0.15, 0.2) is 70.9 Å². The highest BCUT2D eigenvalue weighted by Gasteiger charge is 2.19. The van der Waals surface area contributed by atoms with Gasteiger partial charge in [0.05, 0.1) is 40.4 Å². The van der Waals surface area contributed by atoms with Crippen molar-refractivity contribution in [2.24, 2.45) is 5.10 Å². The number of methoxy groups -OCH3 is 4. The first-order valence-electron chi connectivity index (χ1n) is 13.1. The van der Waals surface area contributed by atoms with Crippen molar-refractivity contribution in [3.63, 3.8) is 0 Å². The van der Waals surface area contributed by atoms with Crippen molar-refractivity contribution in [1.82, 2.24) is 20.2 Å². The van der Waals surface area contributed by atoms with Gasteiger partial charge in [0.1, 0.15) is 5.75 Å². The molecule has 0 aliphatic carbocycles. The van der Waals surface area contributed by atoms with E-state index >= 15 is 0 Å². The Bertz CT molecular complexity index is 1520. The number of benzene rings is 3. The van der Waals surface area contributed by atoms with Gasteiger partial charge in [-0.3, -0.25) is 9.36 Å². The van der Waals surface area contributed by atoms with Crippen LogP contribution in [0, 0.1) is 0 Å². The lowest BCUT2D eigenvalue weighted by Gasteiger charge is -2.19. The van der Waals surface area contributed by atoms with E-state index in [1.165, 1.54) is 44.9 Å². The van der Waals surface area contributed by atoms with Crippen molar-refractivity contribution in [2.75, 3.05) is 34.2 Å². The number of thioether (sulfide) groups is 1. The number of aromatic nitrogens is 3. The molecule has 0 unspecified atom stereocenters. The van der Waals surface area contributed by atoms with E-state index in [2.05, 4.69) is 53.6 Å². The third-order valence-electron chi connectivity index (χ3n) is 6.40. The summed E-state index contributed by atoms with van der Waals surface area (Å²) in [6.07, 6.45) is 1.51. The van der Waals surface area contributed by atoms with Gasteiger partial charge in [0, 0.05) is 16.8 Å². The van der Waals surface area contributed by atoms with Gasteiger partial charge in [-0.1, -0.05) is 56.8 Å². The third kappa shape index (κ3) is 7.03. The number of ether oxygens (including phenoxy) is 4. The first-order chi connectivity index (χ1) is 20.2. The summed E-state index contributed by atoms with van der Waals surface area (Å²) in [4.78, 5) is 12.7. The van der Waals surface area contributed by atoms with Crippen molar-refractivity contribution in [3.8, 4) is 40.1 Å². The first-order valence-corrected chi connectivity index (χ1v) is 14.1. The Kier molecular flexibility index (Phi) is 9.74. The predicted octanol–water partition coefficient (Wildman–Crippen LogP) is 5.51. The Labute approximate surface area is 250 Å². The Hall–Kier alpha value is -4.51. The standard InChI is InChI=1S/C31H35N5O5S/c1-31(2,3)22-10-8-21(9-11-22)29-34-35-30(36(29)23-12-14-24(38-4)15-13-23)42-19-27(37)33-32-18-20-16-25(39-5)28(41-7)26(17-20)40-6/h8-18H,19H2,1-7H3,(H,33,37). The molecule has 0 spiro atoms. The minimum atomic E-state index is -0.302. The highest BCUT2D eigenvalue weighted by atomic mass is 32.2. The number of carbonyl (C=O) groups is 1. The molecule has 0 atom stereocenters. The normalized spacial score (nSPS) is 11.4. The second-order valence-electron chi connectivity index (χ2n) is 10.2. The molecule has 0 fully saturated rings. The SMILES string of the molecule is COc1ccc(-n2c(SCC(=O)NN=Cc3cc(OC)c(OC)c(OC)c3)nnc2-c2ccc(C(C)(C)C)cc2)cc1. The van der Waals surface area contributed by atoms with Gasteiger partial charge in [-0.15, -0.1) is 10.2 Å². The highest BCUT2D eigenvalue weighted by Crippen LogP contribution is 2.37. The van der Waals surface area contributed by atoms with Gasteiger partial charge in [0.25, 0.3) is 5.91 Å². The van der Waals surface area contributed by atoms with E-state index in [9.17, 15) is 4.79 Å². The van der Waals surface area contributed by atoms with Crippen LogP contribution >= 0.6 is 11.8 Å². The maximum Gasteiger partial charge on any atom is 0.250 e. The molecule has 3 aromatic carbocycles. The Morgan fingerprint density at radius 3 is 2.10 bits per heavy atom. The Balaban J connectivity index is 1.53. The van der Waals surface area contributed by atoms with E-state index in [1.807, 2.05) is 41.0 Å². The molecule has 0 bridgehead atoms. The van der Waals surface area contributed by atoms with E-state index in [4.69, 9.17) is 18.9 Å². The van der Waals surface area contributed by atoms with Crippen LogP contribution < -0.4 is 24.4 Å². The first kappa shape index (κ1) is 30.4. The summed E-state index contributed by atoms with van der Waals surface area (Å²) in [5, 5.41) is 13.6. The number of hydrazone groups is 1. The van der Waals surface area contributed by atoms with Crippen LogP contribution in [0.4, 0.5) is 0 Å². The second-order valence-corrected chi connectivity index (χ2v) is 11.1. The topological polar surface area (TPSA) is 109 Å². The maximum atomic E-state index is 12.7. The summed E-state index contributed by atoms with van der Waals surface area (Å²) in [5.74, 6) is 2.63. The summed E-state index contributed by atoms with van der Waals surface area (Å²) in [6, 6.07) is 19.4. The molecule has 4 aromatic rings. The van der Waals surface area contributed by atoms with Gasteiger partial charge in [0.2, 0.25) is 5.75 Å². The molecule has 1 heterocycles. The monoisotopic (exact) mass is 589 g/mol. The number of carbonyl (C=O) groups excluding carboxylic acids is 1. The Morgan fingerprint density at radius 1 is 0.905 bits per heavy atom. The fraction of sp³-hybridized carbons (Fsp3) is 0.290. The van der Waals surface area contributed by atoms with Gasteiger partial charge in [-0.05, 0) is 47.4 Å². The number of rotatable bonds is 11. The molecule has 0 saturated heterocycles. The number of hydrogen-bond acceptors (Lipinski definition) is 9. The zero-order chi connectivity index (χ0) is 30.3. The average molecular weight is 590 g/mol. The predicted molar refractivity (Wildman–Crippen MR) is 165 cm³/mol. The summed E-state index contributed by atoms with van der Waals surface area (Å²) >= 11 is 1.26. The maximum absolute atomic E-state index is 12.7. The molecular formula is C31H35N5O5S. The van der Waals surface area contributed by atoms with E-state index in [0.717, 1.165) is 17.0 Å². The summed E-state index contributed by atoms with van der Waals surface area (Å²) in [7, 11) is 6.23. The van der Waals surface area contributed by atoms with Crippen LogP contribution in [0.2, 0.25) is 0 Å². The van der Waals surface area contributed by atoms with Gasteiger partial charge >= 0.3 is 0 Å². The molecule has 0 aliphatic rings. The van der Waals surface area contributed by atoms with E-state index in [-0.39, 0.29) is 17.1 Å². The lowest BCUT2D eigenvalue weighted by atomic mass is 9.87. The number of amides is 1. The van der Waals surface area contributed by atoms with E-state index in [0.29, 0.717) is 33.8 Å². The van der Waals surface area contributed by atoms with Crippen LogP contribution in [-0.2, 0) is 10.2 Å². The molecule has 0 radical (unpaired) electrons. The van der Waals surface area contributed by atoms with Crippen LogP contribution in [0.25, 0.3) is 17.1 Å². The van der Waals surface area contributed by atoms with Gasteiger partial charge in [-0.2, -0.15) is 5.10 Å². The van der Waals surface area contributed by atoms with Crippen molar-refractivity contribution in [1.29, 1.82) is 0 Å². The summed E-state index contributed by atoms with van der Waals surface area (Å²) in [5.41, 5.74) is 6.24. The molecule has 1 aromatic heterocycles. The van der Waals surface area contributed by atoms with E-state index < -0.39 is 0 Å². The zero-order valence-corrected chi connectivity index (χ0v) is 25.6. The minimum absolute atomic E-state index is 0.0323. The van der Waals surface area contributed by atoms with Crippen LogP contribution in [0.5, 0.6) is 23.0 Å². The van der Waals surface area contributed by atoms with Crippen molar-refractivity contribution < 1.29 is 23.7 Å². The van der Waals surface area contributed by atoms with Gasteiger partial charge < -0.3 is 18.9 Å². The molecule has 1 N–H and O–H groups in total. The number of hydrogen-bond donors (Lipinski definition) is 1. The Morgan fingerprint density at radius 2 is 1.55 bits per heavy atom. The lowest BCUT2D eigenvalue weighted by Crippen LogP contribution is -2.20. The molecule has 42 heavy (non-hydrogen) atoms. The van der Waals surface area contributed by atoms with Crippen molar-refractivity contribution in [2.45, 2.75) is 31.3 Å². The van der Waals surface area contributed by atoms with Crippen LogP contribution in [0.1, 0.15) is 31.9 Å². The van der Waals surface area contributed by atoms with Crippen LogP contribution in [-0.4, -0.2) is 61.1 Å². The van der Waals surface area contributed by atoms with Gasteiger partial charge in [0.15, 0.2) is 22.5 Å². The minimum Gasteiger partial charge on any atom is -0.497 e. The number of nitrogens with one attached hydrogen (secondary N) is 1. The quantitative estimate of drug-likeness (QED) is 0.139. The fourth-order valence-electron chi connectivity index (χ4n) is 4.15.